The molecule has 0 saturated heterocycles. The molecule has 1 atom stereocenters. The van der Waals surface area contributed by atoms with Gasteiger partial charge in [-0.15, -0.1) is 11.8 Å². The second-order valence-corrected chi connectivity index (χ2v) is 8.00. The second-order valence-electron chi connectivity index (χ2n) is 6.52. The van der Waals surface area contributed by atoms with E-state index in [1.807, 2.05) is 49.0 Å². The number of benzene rings is 2. The van der Waals surface area contributed by atoms with Gasteiger partial charge in [-0.2, -0.15) is 0 Å². The molecule has 0 radical (unpaired) electrons. The van der Waals surface area contributed by atoms with Crippen molar-refractivity contribution in [2.24, 2.45) is 0 Å². The zero-order valence-corrected chi connectivity index (χ0v) is 15.8. The molecular weight excluding hydrogens is 344 g/mol. The van der Waals surface area contributed by atoms with Crippen LogP contribution in [0.5, 0.6) is 5.75 Å². The van der Waals surface area contributed by atoms with Crippen LogP contribution >= 0.6 is 11.8 Å². The lowest BCUT2D eigenvalue weighted by Crippen LogP contribution is -2.27. The Hall–Kier alpha value is -2.40. The number of rotatable bonds is 5. The summed E-state index contributed by atoms with van der Waals surface area (Å²) in [6.45, 7) is 6.18. The normalized spacial score (nSPS) is 15.8. The predicted molar refractivity (Wildman–Crippen MR) is 106 cm³/mol. The van der Waals surface area contributed by atoms with E-state index in [1.54, 1.807) is 0 Å². The summed E-state index contributed by atoms with van der Waals surface area (Å²) in [5, 5.41) is 4.64. The maximum atomic E-state index is 12.8. The van der Waals surface area contributed by atoms with E-state index in [9.17, 15) is 4.79 Å². The monoisotopic (exact) mass is 366 g/mol. The Morgan fingerprint density at radius 1 is 1.27 bits per heavy atom. The fourth-order valence-electron chi connectivity index (χ4n) is 3.42. The van der Waals surface area contributed by atoms with Crippen LogP contribution in [-0.4, -0.2) is 22.3 Å². The third-order valence-corrected chi connectivity index (χ3v) is 5.71. The molecule has 1 aliphatic heterocycles. The Kier molecular flexibility index (Phi) is 4.64. The molecule has 3 aromatic rings. The number of ether oxygens (including phenoxy) is 1. The highest BCUT2D eigenvalue weighted by molar-refractivity contribution is 8.00. The number of nitrogens with one attached hydrogen (secondary N) is 1. The summed E-state index contributed by atoms with van der Waals surface area (Å²) in [6, 6.07) is 16.1. The molecule has 0 bridgehead atoms. The lowest BCUT2D eigenvalue weighted by molar-refractivity contribution is 0.0942. The highest BCUT2D eigenvalue weighted by Crippen LogP contribution is 2.38. The molecule has 1 amide bonds. The fourth-order valence-corrected chi connectivity index (χ4v) is 4.57. The highest BCUT2D eigenvalue weighted by Gasteiger charge is 2.23. The van der Waals surface area contributed by atoms with Crippen molar-refractivity contribution in [3.8, 4) is 5.75 Å². The maximum Gasteiger partial charge on any atom is 0.268 e. The molecule has 0 spiro atoms. The number of hydrogen-bond donors (Lipinski definition) is 1. The van der Waals surface area contributed by atoms with E-state index < -0.39 is 0 Å². The van der Waals surface area contributed by atoms with Gasteiger partial charge in [0, 0.05) is 28.6 Å². The molecular formula is C21H22N2O2S. The number of nitrogens with zero attached hydrogens (tertiary/aromatic N) is 1. The molecule has 26 heavy (non-hydrogen) atoms. The molecule has 0 unspecified atom stereocenters. The summed E-state index contributed by atoms with van der Waals surface area (Å²) in [5.74, 6) is 0.823. The summed E-state index contributed by atoms with van der Waals surface area (Å²) in [4.78, 5) is 14.1. The predicted octanol–water partition coefficient (Wildman–Crippen LogP) is 4.46. The molecule has 0 fully saturated rings. The van der Waals surface area contributed by atoms with E-state index >= 15 is 0 Å². The van der Waals surface area contributed by atoms with Gasteiger partial charge in [0.15, 0.2) is 0 Å². The first-order valence-corrected chi connectivity index (χ1v) is 9.82. The van der Waals surface area contributed by atoms with Crippen LogP contribution in [-0.2, 0) is 13.1 Å². The molecule has 1 aromatic heterocycles. The minimum atomic E-state index is -0.0277. The first kappa shape index (κ1) is 17.0. The van der Waals surface area contributed by atoms with Crippen molar-refractivity contribution in [1.29, 1.82) is 0 Å². The van der Waals surface area contributed by atoms with Crippen molar-refractivity contribution < 1.29 is 9.53 Å². The van der Waals surface area contributed by atoms with Gasteiger partial charge in [-0.1, -0.05) is 31.2 Å². The highest BCUT2D eigenvalue weighted by atomic mass is 32.2. The van der Waals surface area contributed by atoms with Gasteiger partial charge in [0.05, 0.1) is 12.1 Å². The molecule has 4 rings (SSSR count). The van der Waals surface area contributed by atoms with Crippen LogP contribution in [0, 0.1) is 0 Å². The number of carbonyl (C=O) groups excluding carboxylic acids is 1. The van der Waals surface area contributed by atoms with Gasteiger partial charge in [0.1, 0.15) is 11.4 Å². The molecule has 0 saturated carbocycles. The van der Waals surface area contributed by atoms with Crippen LogP contribution in [0.4, 0.5) is 0 Å². The standard InChI is InChI=1S/C21H22N2O2S/c1-3-25-17-9-7-15(8-10-17)12-22-21(24)18-11-16-5-4-6-19-20(16)23(18)13-14(2)26-19/h4-11,14H,3,12-13H2,1-2H3,(H,22,24)/t14-/m1/s1. The Labute approximate surface area is 157 Å². The Morgan fingerprint density at radius 2 is 2.08 bits per heavy atom. The topological polar surface area (TPSA) is 43.3 Å². The Morgan fingerprint density at radius 3 is 2.85 bits per heavy atom. The summed E-state index contributed by atoms with van der Waals surface area (Å²) in [7, 11) is 0. The fraction of sp³-hybridized carbons (Fsp3) is 0.286. The van der Waals surface area contributed by atoms with Gasteiger partial charge in [0.2, 0.25) is 0 Å². The van der Waals surface area contributed by atoms with Crippen molar-refractivity contribution in [2.45, 2.75) is 37.1 Å². The third-order valence-electron chi connectivity index (χ3n) is 4.57. The van der Waals surface area contributed by atoms with Crippen molar-refractivity contribution in [2.75, 3.05) is 6.61 Å². The maximum absolute atomic E-state index is 12.8. The third kappa shape index (κ3) is 3.19. The van der Waals surface area contributed by atoms with Gasteiger partial charge in [0.25, 0.3) is 5.91 Å². The van der Waals surface area contributed by atoms with Gasteiger partial charge >= 0.3 is 0 Å². The molecule has 1 N–H and O–H groups in total. The van der Waals surface area contributed by atoms with E-state index in [2.05, 4.69) is 35.0 Å². The van der Waals surface area contributed by atoms with Crippen molar-refractivity contribution >= 4 is 28.6 Å². The molecule has 2 heterocycles. The van der Waals surface area contributed by atoms with Crippen LogP contribution in [0.15, 0.2) is 53.4 Å². The Balaban J connectivity index is 1.54. The number of carbonyl (C=O) groups is 1. The molecule has 5 heteroatoms. The van der Waals surface area contributed by atoms with E-state index in [0.29, 0.717) is 18.4 Å². The van der Waals surface area contributed by atoms with E-state index in [-0.39, 0.29) is 5.91 Å². The zero-order valence-electron chi connectivity index (χ0n) is 15.0. The number of aromatic nitrogens is 1. The second kappa shape index (κ2) is 7.08. The molecule has 4 nitrogen and oxygen atoms in total. The van der Waals surface area contributed by atoms with Crippen molar-refractivity contribution in [3.63, 3.8) is 0 Å². The van der Waals surface area contributed by atoms with Gasteiger partial charge in [-0.3, -0.25) is 4.79 Å². The van der Waals surface area contributed by atoms with E-state index in [0.717, 1.165) is 28.9 Å². The van der Waals surface area contributed by atoms with Gasteiger partial charge < -0.3 is 14.6 Å². The number of hydrogen-bond acceptors (Lipinski definition) is 3. The average molecular weight is 366 g/mol. The van der Waals surface area contributed by atoms with Crippen molar-refractivity contribution in [1.82, 2.24) is 9.88 Å². The minimum Gasteiger partial charge on any atom is -0.494 e. The van der Waals surface area contributed by atoms with Crippen LogP contribution in [0.3, 0.4) is 0 Å². The summed E-state index contributed by atoms with van der Waals surface area (Å²) in [5.41, 5.74) is 2.98. The SMILES string of the molecule is CCOc1ccc(CNC(=O)c2cc3cccc4c3n2C[C@@H](C)S4)cc1. The zero-order chi connectivity index (χ0) is 18.1. The average Bonchev–Trinajstić information content (AvgIpc) is 3.01. The van der Waals surface area contributed by atoms with Crippen LogP contribution in [0.25, 0.3) is 10.9 Å². The minimum absolute atomic E-state index is 0.0277. The van der Waals surface area contributed by atoms with Crippen molar-refractivity contribution in [3.05, 3.63) is 59.8 Å². The first-order valence-electron chi connectivity index (χ1n) is 8.94. The summed E-state index contributed by atoms with van der Waals surface area (Å²) in [6.07, 6.45) is 0. The van der Waals surface area contributed by atoms with Crippen LogP contribution in [0.2, 0.25) is 0 Å². The molecule has 134 valence electrons. The molecule has 2 aromatic carbocycles. The first-order chi connectivity index (χ1) is 12.7. The van der Waals surface area contributed by atoms with Crippen LogP contribution < -0.4 is 10.1 Å². The lowest BCUT2D eigenvalue weighted by atomic mass is 10.2. The van der Waals surface area contributed by atoms with Gasteiger partial charge in [-0.25, -0.2) is 0 Å². The summed E-state index contributed by atoms with van der Waals surface area (Å²) >= 11 is 1.88. The van der Waals surface area contributed by atoms with Crippen LogP contribution in [0.1, 0.15) is 29.9 Å². The van der Waals surface area contributed by atoms with E-state index in [1.165, 1.54) is 10.4 Å². The number of thioether (sulfide) groups is 1. The Bertz CT molecular complexity index is 947. The van der Waals surface area contributed by atoms with Gasteiger partial charge in [-0.05, 0) is 36.8 Å². The quantitative estimate of drug-likeness (QED) is 0.725. The largest absolute Gasteiger partial charge is 0.494 e. The smallest absolute Gasteiger partial charge is 0.268 e. The summed E-state index contributed by atoms with van der Waals surface area (Å²) < 4.78 is 7.62. The molecule has 0 aliphatic carbocycles. The van der Waals surface area contributed by atoms with E-state index in [4.69, 9.17) is 4.74 Å². The molecule has 1 aliphatic rings. The lowest BCUT2D eigenvalue weighted by Gasteiger charge is -2.22. The number of para-hydroxylation sites is 1. The number of amides is 1.